The zero-order valence-corrected chi connectivity index (χ0v) is 14.1. The van der Waals surface area contributed by atoms with Crippen LogP contribution >= 0.6 is 0 Å². The Balaban J connectivity index is 1.48. The number of aromatic nitrogens is 1. The minimum Gasteiger partial charge on any atom is -0.337 e. The van der Waals surface area contributed by atoms with Crippen molar-refractivity contribution >= 4 is 5.91 Å². The van der Waals surface area contributed by atoms with Gasteiger partial charge in [0.25, 0.3) is 0 Å². The fraction of sp³-hybridized carbons (Fsp3) is 0.400. The van der Waals surface area contributed by atoms with E-state index in [1.54, 1.807) is 0 Å². The third-order valence-electron chi connectivity index (χ3n) is 5.63. The SMILES string of the molecule is CN1C(=O)C2(CCN(Cc3ccccn3)CC2)C1c1ccccc1. The smallest absolute Gasteiger partial charge is 0.231 e. The number of pyridine rings is 1. The number of carbonyl (C=O) groups is 1. The fourth-order valence-electron chi connectivity index (χ4n) is 4.39. The largest absolute Gasteiger partial charge is 0.337 e. The first-order valence-electron chi connectivity index (χ1n) is 8.65. The maximum absolute atomic E-state index is 12.7. The van der Waals surface area contributed by atoms with Crippen molar-refractivity contribution in [1.29, 1.82) is 0 Å². The van der Waals surface area contributed by atoms with E-state index in [0.717, 1.165) is 38.2 Å². The molecule has 0 aliphatic carbocycles. The maximum atomic E-state index is 12.7. The quantitative estimate of drug-likeness (QED) is 0.816. The Morgan fingerprint density at radius 1 is 1.08 bits per heavy atom. The van der Waals surface area contributed by atoms with Crippen LogP contribution < -0.4 is 0 Å². The summed E-state index contributed by atoms with van der Waals surface area (Å²) in [6, 6.07) is 16.7. The Morgan fingerprint density at radius 3 is 2.46 bits per heavy atom. The van der Waals surface area contributed by atoms with Gasteiger partial charge in [-0.1, -0.05) is 36.4 Å². The maximum Gasteiger partial charge on any atom is 0.231 e. The molecule has 3 heterocycles. The lowest BCUT2D eigenvalue weighted by Crippen LogP contribution is -2.64. The summed E-state index contributed by atoms with van der Waals surface area (Å²) in [5, 5.41) is 0. The van der Waals surface area contributed by atoms with Crippen LogP contribution in [-0.2, 0) is 11.3 Å². The van der Waals surface area contributed by atoms with Crippen molar-refractivity contribution in [2.75, 3.05) is 20.1 Å². The Kier molecular flexibility index (Phi) is 3.85. The van der Waals surface area contributed by atoms with Gasteiger partial charge in [0.05, 0.1) is 17.2 Å². The lowest BCUT2D eigenvalue weighted by molar-refractivity contribution is -0.176. The van der Waals surface area contributed by atoms with Crippen molar-refractivity contribution in [2.45, 2.75) is 25.4 Å². The summed E-state index contributed by atoms with van der Waals surface area (Å²) in [6.45, 7) is 2.79. The second-order valence-electron chi connectivity index (χ2n) is 6.98. The molecule has 1 aromatic carbocycles. The molecule has 1 atom stereocenters. The van der Waals surface area contributed by atoms with Crippen LogP contribution in [0.25, 0.3) is 0 Å². The van der Waals surface area contributed by atoms with E-state index in [4.69, 9.17) is 0 Å². The lowest BCUT2D eigenvalue weighted by Gasteiger charge is -2.58. The van der Waals surface area contributed by atoms with Crippen molar-refractivity contribution in [2.24, 2.45) is 5.41 Å². The molecule has 2 fully saturated rings. The van der Waals surface area contributed by atoms with Gasteiger partial charge in [-0.25, -0.2) is 0 Å². The summed E-state index contributed by atoms with van der Waals surface area (Å²) in [5.41, 5.74) is 2.17. The highest BCUT2D eigenvalue weighted by Crippen LogP contribution is 2.55. The molecule has 2 aromatic rings. The van der Waals surface area contributed by atoms with Gasteiger partial charge >= 0.3 is 0 Å². The van der Waals surface area contributed by atoms with E-state index in [1.165, 1.54) is 5.56 Å². The normalized spacial score (nSPS) is 23.3. The first-order chi connectivity index (χ1) is 11.7. The van der Waals surface area contributed by atoms with Gasteiger partial charge in [0.15, 0.2) is 0 Å². The van der Waals surface area contributed by atoms with Crippen molar-refractivity contribution in [3.63, 3.8) is 0 Å². The molecule has 2 saturated heterocycles. The number of piperidine rings is 1. The summed E-state index contributed by atoms with van der Waals surface area (Å²) in [5.74, 6) is 0.314. The molecule has 1 amide bonds. The number of β-lactam (4-membered cyclic amide) rings is 1. The second kappa shape index (κ2) is 6.02. The Morgan fingerprint density at radius 2 is 1.79 bits per heavy atom. The van der Waals surface area contributed by atoms with Crippen LogP contribution in [0.3, 0.4) is 0 Å². The minimum absolute atomic E-state index is 0.198. The molecule has 4 nitrogen and oxygen atoms in total. The number of likely N-dealkylation sites (tertiary alicyclic amines) is 2. The Hall–Kier alpha value is -2.20. The molecule has 0 saturated carbocycles. The van der Waals surface area contributed by atoms with Crippen molar-refractivity contribution in [3.8, 4) is 0 Å². The van der Waals surface area contributed by atoms with Gasteiger partial charge in [-0.05, 0) is 43.6 Å². The predicted octanol–water partition coefficient (Wildman–Crippen LogP) is 2.88. The van der Waals surface area contributed by atoms with Crippen molar-refractivity contribution in [3.05, 3.63) is 66.0 Å². The van der Waals surface area contributed by atoms with Crippen LogP contribution in [-0.4, -0.2) is 40.8 Å². The van der Waals surface area contributed by atoms with E-state index < -0.39 is 0 Å². The van der Waals surface area contributed by atoms with Gasteiger partial charge in [-0.15, -0.1) is 0 Å². The van der Waals surface area contributed by atoms with E-state index in [2.05, 4.69) is 40.2 Å². The summed E-state index contributed by atoms with van der Waals surface area (Å²) < 4.78 is 0. The van der Waals surface area contributed by atoms with E-state index in [9.17, 15) is 4.79 Å². The van der Waals surface area contributed by atoms with E-state index >= 15 is 0 Å². The molecule has 24 heavy (non-hydrogen) atoms. The first-order valence-corrected chi connectivity index (χ1v) is 8.65. The zero-order chi connectivity index (χ0) is 16.6. The molecule has 0 N–H and O–H groups in total. The number of hydrogen-bond donors (Lipinski definition) is 0. The number of carbonyl (C=O) groups excluding carboxylic acids is 1. The molecule has 4 heteroatoms. The van der Waals surface area contributed by atoms with Gasteiger partial charge in [-0.3, -0.25) is 14.7 Å². The molecule has 2 aliphatic heterocycles. The molecule has 2 aliphatic rings. The highest BCUT2D eigenvalue weighted by atomic mass is 16.2. The highest BCUT2D eigenvalue weighted by molar-refractivity contribution is 5.90. The summed E-state index contributed by atoms with van der Waals surface area (Å²) in [7, 11) is 1.94. The second-order valence-corrected chi connectivity index (χ2v) is 6.98. The van der Waals surface area contributed by atoms with Gasteiger partial charge in [0.2, 0.25) is 5.91 Å². The average Bonchev–Trinajstić information content (AvgIpc) is 2.64. The van der Waals surface area contributed by atoms with Gasteiger partial charge < -0.3 is 4.90 Å². The number of nitrogens with zero attached hydrogens (tertiary/aromatic N) is 3. The number of hydrogen-bond acceptors (Lipinski definition) is 3. The van der Waals surface area contributed by atoms with Crippen LogP contribution in [0.1, 0.15) is 30.1 Å². The molecule has 0 bridgehead atoms. The third-order valence-corrected chi connectivity index (χ3v) is 5.63. The molecule has 4 rings (SSSR count). The number of rotatable bonds is 3. The number of benzene rings is 1. The van der Waals surface area contributed by atoms with Gasteiger partial charge in [0.1, 0.15) is 0 Å². The predicted molar refractivity (Wildman–Crippen MR) is 93.1 cm³/mol. The summed E-state index contributed by atoms with van der Waals surface area (Å²) in [4.78, 5) is 21.4. The van der Waals surface area contributed by atoms with Gasteiger partial charge in [-0.2, -0.15) is 0 Å². The third kappa shape index (κ3) is 2.42. The Labute approximate surface area is 143 Å². The van der Waals surface area contributed by atoms with Crippen LogP contribution in [0.5, 0.6) is 0 Å². The summed E-state index contributed by atoms with van der Waals surface area (Å²) in [6.07, 6.45) is 3.71. The Bertz CT molecular complexity index is 708. The number of amides is 1. The van der Waals surface area contributed by atoms with Crippen LogP contribution in [0.2, 0.25) is 0 Å². The van der Waals surface area contributed by atoms with Crippen molar-refractivity contribution in [1.82, 2.24) is 14.8 Å². The molecule has 0 radical (unpaired) electrons. The topological polar surface area (TPSA) is 36.4 Å². The standard InChI is InChI=1S/C20H23N3O/c1-22-18(16-7-3-2-4-8-16)20(19(22)24)10-13-23(14-11-20)15-17-9-5-6-12-21-17/h2-9,12,18H,10-11,13-15H2,1H3. The first kappa shape index (κ1) is 15.3. The van der Waals surface area contributed by atoms with Crippen molar-refractivity contribution < 1.29 is 4.79 Å². The van der Waals surface area contributed by atoms with Gasteiger partial charge in [0, 0.05) is 19.8 Å². The molecular weight excluding hydrogens is 298 g/mol. The highest BCUT2D eigenvalue weighted by Gasteiger charge is 2.59. The summed E-state index contributed by atoms with van der Waals surface area (Å²) >= 11 is 0. The van der Waals surface area contributed by atoms with E-state index in [0.29, 0.717) is 5.91 Å². The lowest BCUT2D eigenvalue weighted by atomic mass is 9.62. The van der Waals surface area contributed by atoms with Crippen LogP contribution in [0.15, 0.2) is 54.7 Å². The molecular formula is C20H23N3O. The minimum atomic E-state index is -0.198. The van der Waals surface area contributed by atoms with Crippen LogP contribution in [0.4, 0.5) is 0 Å². The van der Waals surface area contributed by atoms with E-state index in [1.807, 2.05) is 36.3 Å². The molecule has 1 aromatic heterocycles. The fourth-order valence-corrected chi connectivity index (χ4v) is 4.39. The van der Waals surface area contributed by atoms with Crippen LogP contribution in [0, 0.1) is 5.41 Å². The average molecular weight is 321 g/mol. The van der Waals surface area contributed by atoms with E-state index in [-0.39, 0.29) is 11.5 Å². The monoisotopic (exact) mass is 321 g/mol. The molecule has 124 valence electrons. The molecule has 1 unspecified atom stereocenters. The molecule has 1 spiro atoms. The zero-order valence-electron chi connectivity index (χ0n) is 14.1.